The van der Waals surface area contributed by atoms with Crippen LogP contribution in [-0.4, -0.2) is 39.1 Å². The van der Waals surface area contributed by atoms with Crippen molar-refractivity contribution in [2.24, 2.45) is 5.10 Å². The second kappa shape index (κ2) is 9.28. The first kappa shape index (κ1) is 23.6. The highest BCUT2D eigenvalue weighted by atomic mass is 32.2. The van der Waals surface area contributed by atoms with Gasteiger partial charge in [0.15, 0.2) is 0 Å². The molecule has 3 aromatic carbocycles. The third-order valence-corrected chi connectivity index (χ3v) is 8.31. The number of rotatable bonds is 5. The van der Waals surface area contributed by atoms with Crippen LogP contribution in [0.4, 0.5) is 0 Å². The molecule has 0 radical (unpaired) electrons. The molecule has 8 nitrogen and oxygen atoms in total. The molecule has 0 saturated carbocycles. The van der Waals surface area contributed by atoms with E-state index in [9.17, 15) is 18.3 Å². The number of pyridine rings is 1. The van der Waals surface area contributed by atoms with Crippen molar-refractivity contribution in [1.82, 2.24) is 14.0 Å². The van der Waals surface area contributed by atoms with Gasteiger partial charge in [-0.05, 0) is 30.3 Å². The van der Waals surface area contributed by atoms with Gasteiger partial charge in [0, 0.05) is 41.5 Å². The van der Waals surface area contributed by atoms with Gasteiger partial charge in [0.1, 0.15) is 5.75 Å². The molecule has 9 heteroatoms. The van der Waals surface area contributed by atoms with Crippen LogP contribution < -0.4 is 0 Å². The van der Waals surface area contributed by atoms with Gasteiger partial charge in [0.2, 0.25) is 0 Å². The minimum Gasteiger partial charge on any atom is -0.508 e. The van der Waals surface area contributed by atoms with Gasteiger partial charge in [-0.1, -0.05) is 60.7 Å². The van der Waals surface area contributed by atoms with Crippen LogP contribution in [0.15, 0.2) is 120 Å². The van der Waals surface area contributed by atoms with Gasteiger partial charge in [0.25, 0.3) is 15.9 Å². The molecule has 1 N–H and O–H groups in total. The van der Waals surface area contributed by atoms with Crippen LogP contribution in [0.2, 0.25) is 0 Å². The normalized spacial score (nSPS) is 15.5. The van der Waals surface area contributed by atoms with Crippen LogP contribution in [0.1, 0.15) is 33.9 Å². The van der Waals surface area contributed by atoms with Gasteiger partial charge < -0.3 is 5.11 Å². The topological polar surface area (TPSA) is 105 Å². The third kappa shape index (κ3) is 3.93. The van der Waals surface area contributed by atoms with Gasteiger partial charge in [0.05, 0.1) is 27.7 Å². The summed E-state index contributed by atoms with van der Waals surface area (Å²) in [5.41, 5.74) is 2.52. The SMILES string of the molecule is O=C(c1cn(S(=O)(=O)c2ccccc2)c2ccccc12)N1N=C(c2cccnc2)CC1c1ccccc1O. The van der Waals surface area contributed by atoms with Crippen molar-refractivity contribution in [2.45, 2.75) is 17.4 Å². The van der Waals surface area contributed by atoms with Crippen LogP contribution in [0, 0.1) is 0 Å². The molecule has 2 aromatic heterocycles. The van der Waals surface area contributed by atoms with Crippen LogP contribution >= 0.6 is 0 Å². The summed E-state index contributed by atoms with van der Waals surface area (Å²) in [5, 5.41) is 17.1. The van der Waals surface area contributed by atoms with E-state index in [0.29, 0.717) is 28.6 Å². The van der Waals surface area contributed by atoms with Crippen molar-refractivity contribution < 1.29 is 18.3 Å². The predicted octanol–water partition coefficient (Wildman–Crippen LogP) is 4.97. The molecule has 5 aromatic rings. The van der Waals surface area contributed by atoms with E-state index in [1.165, 1.54) is 23.3 Å². The Kier molecular flexibility index (Phi) is 5.77. The number of hydrogen-bond donors (Lipinski definition) is 1. The van der Waals surface area contributed by atoms with Crippen molar-refractivity contribution in [1.29, 1.82) is 0 Å². The number of aromatic nitrogens is 2. The Hall–Kier alpha value is -4.76. The number of nitrogens with zero attached hydrogens (tertiary/aromatic N) is 4. The van der Waals surface area contributed by atoms with E-state index in [1.807, 2.05) is 6.07 Å². The van der Waals surface area contributed by atoms with Gasteiger partial charge in [-0.15, -0.1) is 0 Å². The lowest BCUT2D eigenvalue weighted by Gasteiger charge is -2.22. The summed E-state index contributed by atoms with van der Waals surface area (Å²) in [6.45, 7) is 0. The molecule has 0 aliphatic carbocycles. The lowest BCUT2D eigenvalue weighted by atomic mass is 9.98. The van der Waals surface area contributed by atoms with E-state index in [0.717, 1.165) is 9.54 Å². The second-order valence-electron chi connectivity index (χ2n) is 8.89. The average molecular weight is 523 g/mol. The van der Waals surface area contributed by atoms with Gasteiger partial charge in [-0.3, -0.25) is 9.78 Å². The number of phenolic OH excluding ortho intramolecular Hbond substituents is 1. The Morgan fingerprint density at radius 3 is 2.39 bits per heavy atom. The maximum atomic E-state index is 14.1. The van der Waals surface area contributed by atoms with E-state index in [4.69, 9.17) is 0 Å². The minimum absolute atomic E-state index is 0.0482. The number of carbonyl (C=O) groups excluding carboxylic acids is 1. The lowest BCUT2D eigenvalue weighted by molar-refractivity contribution is 0.0711. The van der Waals surface area contributed by atoms with E-state index in [1.54, 1.807) is 85.2 Å². The molecule has 0 spiro atoms. The standard InChI is InChI=1S/C29H22N4O4S/c34-28-15-7-5-13-23(28)27-17-25(20-9-8-16-30-18-20)31-33(27)29(35)24-19-32(26-14-6-4-12-22(24)26)38(36,37)21-10-2-1-3-11-21/h1-16,18-19,27,34H,17H2. The predicted molar refractivity (Wildman–Crippen MR) is 143 cm³/mol. The largest absolute Gasteiger partial charge is 0.508 e. The molecule has 3 heterocycles. The van der Waals surface area contributed by atoms with Gasteiger partial charge >= 0.3 is 0 Å². The van der Waals surface area contributed by atoms with Crippen molar-refractivity contribution in [3.8, 4) is 5.75 Å². The number of hydrazone groups is 1. The fourth-order valence-electron chi connectivity index (χ4n) is 4.77. The van der Waals surface area contributed by atoms with Crippen LogP contribution in [-0.2, 0) is 10.0 Å². The molecule has 1 amide bonds. The minimum atomic E-state index is -3.97. The van der Waals surface area contributed by atoms with E-state index >= 15 is 0 Å². The molecule has 1 aliphatic heterocycles. The maximum absolute atomic E-state index is 14.1. The van der Waals surface area contributed by atoms with E-state index in [2.05, 4.69) is 10.1 Å². The molecule has 1 unspecified atom stereocenters. The molecule has 0 saturated heterocycles. The number of phenols is 1. The fraction of sp³-hybridized carbons (Fsp3) is 0.0690. The summed E-state index contributed by atoms with van der Waals surface area (Å²) >= 11 is 0. The molecule has 188 valence electrons. The first-order valence-corrected chi connectivity index (χ1v) is 13.4. The maximum Gasteiger partial charge on any atom is 0.276 e. The highest BCUT2D eigenvalue weighted by Gasteiger charge is 2.37. The summed E-state index contributed by atoms with van der Waals surface area (Å²) < 4.78 is 28.2. The number of fused-ring (bicyclic) bond motifs is 1. The molecular formula is C29H22N4O4S. The smallest absolute Gasteiger partial charge is 0.276 e. The first-order valence-electron chi connectivity index (χ1n) is 11.9. The Morgan fingerprint density at radius 1 is 0.895 bits per heavy atom. The Labute approximate surface area is 219 Å². The average Bonchev–Trinajstić information content (AvgIpc) is 3.57. The molecule has 38 heavy (non-hydrogen) atoms. The monoisotopic (exact) mass is 522 g/mol. The Bertz CT molecular complexity index is 1800. The lowest BCUT2D eigenvalue weighted by Crippen LogP contribution is -2.27. The molecular weight excluding hydrogens is 500 g/mol. The number of carbonyl (C=O) groups is 1. The van der Waals surface area contributed by atoms with Gasteiger partial charge in [-0.2, -0.15) is 5.10 Å². The Balaban J connectivity index is 1.50. The first-order chi connectivity index (χ1) is 18.4. The van der Waals surface area contributed by atoms with Crippen LogP contribution in [0.3, 0.4) is 0 Å². The zero-order chi connectivity index (χ0) is 26.3. The zero-order valence-electron chi connectivity index (χ0n) is 20.0. The molecule has 1 aliphatic rings. The summed E-state index contributed by atoms with van der Waals surface area (Å²) in [5.74, 6) is -0.428. The third-order valence-electron chi connectivity index (χ3n) is 6.62. The van der Waals surface area contributed by atoms with Crippen LogP contribution in [0.25, 0.3) is 10.9 Å². The number of hydrogen-bond acceptors (Lipinski definition) is 6. The number of aromatic hydroxyl groups is 1. The van der Waals surface area contributed by atoms with Crippen molar-refractivity contribution in [3.05, 3.63) is 126 Å². The van der Waals surface area contributed by atoms with E-state index in [-0.39, 0.29) is 16.2 Å². The molecule has 6 rings (SSSR count). The summed E-state index contributed by atoms with van der Waals surface area (Å²) in [4.78, 5) is 18.4. The number of benzene rings is 3. The summed E-state index contributed by atoms with van der Waals surface area (Å²) in [7, 11) is -3.97. The molecule has 0 fully saturated rings. The van der Waals surface area contributed by atoms with E-state index < -0.39 is 22.0 Å². The van der Waals surface area contributed by atoms with Gasteiger partial charge in [-0.25, -0.2) is 17.4 Å². The number of amides is 1. The van der Waals surface area contributed by atoms with Crippen molar-refractivity contribution in [3.63, 3.8) is 0 Å². The Morgan fingerprint density at radius 2 is 1.63 bits per heavy atom. The summed E-state index contributed by atoms with van der Waals surface area (Å²) in [6, 6.07) is 24.8. The fourth-order valence-corrected chi connectivity index (χ4v) is 6.16. The highest BCUT2D eigenvalue weighted by molar-refractivity contribution is 7.90. The quantitative estimate of drug-likeness (QED) is 0.351. The molecule has 0 bridgehead atoms. The van der Waals surface area contributed by atoms with Crippen LogP contribution in [0.5, 0.6) is 5.75 Å². The molecule has 1 atom stereocenters. The summed E-state index contributed by atoms with van der Waals surface area (Å²) in [6.07, 6.45) is 5.04. The van der Waals surface area contributed by atoms with Crippen molar-refractivity contribution in [2.75, 3.05) is 0 Å². The zero-order valence-corrected chi connectivity index (χ0v) is 20.9. The van der Waals surface area contributed by atoms with Crippen molar-refractivity contribution >= 4 is 32.5 Å². The second-order valence-corrected chi connectivity index (χ2v) is 10.7. The number of para-hydroxylation sites is 2. The highest BCUT2D eigenvalue weighted by Crippen LogP contribution is 2.39.